The molecule has 1 aliphatic rings. The zero-order valence-electron chi connectivity index (χ0n) is 22.2. The molecule has 0 aliphatic carbocycles. The number of aromatic hydroxyl groups is 1. The van der Waals surface area contributed by atoms with Crippen LogP contribution in [0.1, 0.15) is 45.9 Å². The molecule has 1 atom stereocenters. The van der Waals surface area contributed by atoms with Gasteiger partial charge in [0.25, 0.3) is 5.78 Å². The number of carbonyl (C=O) groups excluding carboxylic acids is 3. The van der Waals surface area contributed by atoms with Crippen molar-refractivity contribution in [2.75, 3.05) is 25.2 Å². The number of carbonyl (C=O) groups is 3. The van der Waals surface area contributed by atoms with Crippen LogP contribution < -0.4 is 14.4 Å². The largest absolute Gasteiger partial charge is 0.507 e. The summed E-state index contributed by atoms with van der Waals surface area (Å²) < 4.78 is 16.1. The molecule has 0 radical (unpaired) electrons. The van der Waals surface area contributed by atoms with Crippen LogP contribution in [-0.4, -0.2) is 53.2 Å². The number of ether oxygens (including phenoxy) is 3. The van der Waals surface area contributed by atoms with Crippen molar-refractivity contribution in [3.63, 3.8) is 0 Å². The van der Waals surface area contributed by atoms with Gasteiger partial charge in [0.15, 0.2) is 16.6 Å². The number of thiazole rings is 1. The van der Waals surface area contributed by atoms with Crippen LogP contribution >= 0.6 is 11.3 Å². The van der Waals surface area contributed by atoms with Crippen LogP contribution in [0.15, 0.2) is 60.7 Å². The summed E-state index contributed by atoms with van der Waals surface area (Å²) in [5, 5.41) is 21.7. The molecule has 1 fully saturated rings. The van der Waals surface area contributed by atoms with Gasteiger partial charge in [-0.05, 0) is 43.2 Å². The van der Waals surface area contributed by atoms with Crippen LogP contribution in [0.2, 0.25) is 0 Å². The van der Waals surface area contributed by atoms with Crippen molar-refractivity contribution in [3.05, 3.63) is 82.4 Å². The molecule has 0 saturated carbocycles. The van der Waals surface area contributed by atoms with Crippen molar-refractivity contribution in [3.8, 4) is 17.2 Å². The molecule has 11 heteroatoms. The van der Waals surface area contributed by atoms with E-state index in [9.17, 15) is 24.6 Å². The Labute approximate surface area is 234 Å². The molecule has 2 N–H and O–H groups in total. The number of esters is 1. The van der Waals surface area contributed by atoms with Crippen molar-refractivity contribution in [1.29, 1.82) is 0 Å². The number of aliphatic hydroxyl groups excluding tert-OH is 1. The highest BCUT2D eigenvalue weighted by Gasteiger charge is 2.48. The number of rotatable bonds is 10. The van der Waals surface area contributed by atoms with Crippen LogP contribution in [-0.2, 0) is 14.3 Å². The Morgan fingerprint density at radius 2 is 2.00 bits per heavy atom. The normalized spacial score (nSPS) is 16.2. The number of aryl methyl sites for hydroxylation is 1. The van der Waals surface area contributed by atoms with E-state index in [4.69, 9.17) is 14.2 Å². The molecule has 10 nitrogen and oxygen atoms in total. The van der Waals surface area contributed by atoms with E-state index in [0.29, 0.717) is 23.6 Å². The summed E-state index contributed by atoms with van der Waals surface area (Å²) in [5.41, 5.74) is 0.733. The highest BCUT2D eigenvalue weighted by molar-refractivity contribution is 7.17. The van der Waals surface area contributed by atoms with Gasteiger partial charge < -0.3 is 24.4 Å². The zero-order valence-corrected chi connectivity index (χ0v) is 23.0. The molecule has 0 bridgehead atoms. The second-order valence-corrected chi connectivity index (χ2v) is 9.75. The smallest absolute Gasteiger partial charge is 0.350 e. The van der Waals surface area contributed by atoms with Gasteiger partial charge in [0.05, 0.1) is 31.0 Å². The maximum absolute atomic E-state index is 13.5. The van der Waals surface area contributed by atoms with Crippen LogP contribution in [0.4, 0.5) is 5.13 Å². The topological polar surface area (TPSA) is 135 Å². The Morgan fingerprint density at radius 3 is 2.70 bits per heavy atom. The van der Waals surface area contributed by atoms with Crippen molar-refractivity contribution in [2.45, 2.75) is 26.3 Å². The molecule has 0 spiro atoms. The van der Waals surface area contributed by atoms with E-state index in [-0.39, 0.29) is 39.3 Å². The number of Topliss-reactive ketones (excluding diaryl/α,β-unsaturated/α-hetero) is 1. The molecule has 1 aliphatic heterocycles. The molecule has 1 saturated heterocycles. The quantitative estimate of drug-likeness (QED) is 0.116. The first-order chi connectivity index (χ1) is 19.2. The number of aliphatic hydroxyl groups is 1. The third kappa shape index (κ3) is 5.41. The lowest BCUT2D eigenvalue weighted by Crippen LogP contribution is -2.29. The SMILES string of the molecule is C=CCOC(=O)c1sc(N2C(=O)C(=O)/C(=C(/O)c3cccc(OCCC)c3)C2c2ccc(O)c(OC)c2)nc1C. The van der Waals surface area contributed by atoms with Gasteiger partial charge in [-0.2, -0.15) is 0 Å². The van der Waals surface area contributed by atoms with Gasteiger partial charge in [-0.3, -0.25) is 14.5 Å². The molecule has 208 valence electrons. The van der Waals surface area contributed by atoms with Crippen molar-refractivity contribution < 1.29 is 38.8 Å². The van der Waals surface area contributed by atoms with Gasteiger partial charge in [0.1, 0.15) is 23.0 Å². The minimum absolute atomic E-state index is 0.00957. The predicted molar refractivity (Wildman–Crippen MR) is 149 cm³/mol. The number of anilines is 1. The van der Waals surface area contributed by atoms with Gasteiger partial charge >= 0.3 is 11.9 Å². The maximum atomic E-state index is 13.5. The zero-order chi connectivity index (χ0) is 29.0. The fraction of sp³-hybridized carbons (Fsp3) is 0.241. The number of amides is 1. The Balaban J connectivity index is 1.89. The molecule has 40 heavy (non-hydrogen) atoms. The van der Waals surface area contributed by atoms with E-state index in [1.165, 1.54) is 31.4 Å². The van der Waals surface area contributed by atoms with Crippen LogP contribution in [0, 0.1) is 6.92 Å². The first kappa shape index (κ1) is 28.4. The van der Waals surface area contributed by atoms with Gasteiger partial charge in [0, 0.05) is 5.56 Å². The summed E-state index contributed by atoms with van der Waals surface area (Å²) in [5.74, 6) is -2.53. The second-order valence-electron chi connectivity index (χ2n) is 8.77. The molecule has 1 aromatic heterocycles. The molecule has 2 heterocycles. The molecule has 2 aromatic carbocycles. The second kappa shape index (κ2) is 12.0. The van der Waals surface area contributed by atoms with E-state index in [2.05, 4.69) is 11.6 Å². The third-order valence-electron chi connectivity index (χ3n) is 6.05. The highest BCUT2D eigenvalue weighted by atomic mass is 32.1. The Bertz CT molecular complexity index is 1510. The fourth-order valence-electron chi connectivity index (χ4n) is 4.19. The lowest BCUT2D eigenvalue weighted by Gasteiger charge is -2.23. The minimum Gasteiger partial charge on any atom is -0.507 e. The molecule has 1 amide bonds. The standard InChI is InChI=1S/C29H28N2O8S/c1-5-12-38-19-9-7-8-18(14-19)24(33)22-23(17-10-11-20(32)21(15-17)37-4)31(27(35)25(22)34)29-30-16(3)26(40-29)28(36)39-13-6-2/h6-11,14-15,23,32-33H,2,5,12-13H2,1,3-4H3/b24-22+. The number of benzene rings is 2. The number of hydrogen-bond donors (Lipinski definition) is 2. The highest BCUT2D eigenvalue weighted by Crippen LogP contribution is 2.45. The van der Waals surface area contributed by atoms with Gasteiger partial charge in [-0.1, -0.05) is 49.1 Å². The first-order valence-corrected chi connectivity index (χ1v) is 13.2. The molecule has 3 aromatic rings. The Hall–Kier alpha value is -4.64. The van der Waals surface area contributed by atoms with Gasteiger partial charge in [0.2, 0.25) is 0 Å². The minimum atomic E-state index is -1.16. The number of ketones is 1. The summed E-state index contributed by atoms with van der Waals surface area (Å²) >= 11 is 0.882. The average molecular weight is 565 g/mol. The van der Waals surface area contributed by atoms with Gasteiger partial charge in [-0.25, -0.2) is 9.78 Å². The summed E-state index contributed by atoms with van der Waals surface area (Å²) in [6.45, 7) is 7.52. The van der Waals surface area contributed by atoms with E-state index in [0.717, 1.165) is 22.7 Å². The van der Waals surface area contributed by atoms with E-state index in [1.54, 1.807) is 31.2 Å². The molecule has 1 unspecified atom stereocenters. The summed E-state index contributed by atoms with van der Waals surface area (Å²) in [4.78, 5) is 45.2. The molecule has 4 rings (SSSR count). The summed E-state index contributed by atoms with van der Waals surface area (Å²) in [7, 11) is 1.36. The van der Waals surface area contributed by atoms with Crippen LogP contribution in [0.5, 0.6) is 17.2 Å². The predicted octanol–water partition coefficient (Wildman–Crippen LogP) is 4.92. The molecular formula is C29H28N2O8S. The fourth-order valence-corrected chi connectivity index (χ4v) is 5.18. The Kier molecular flexibility index (Phi) is 8.54. The van der Waals surface area contributed by atoms with Crippen molar-refractivity contribution in [1.82, 2.24) is 4.98 Å². The van der Waals surface area contributed by atoms with Crippen molar-refractivity contribution >= 4 is 39.9 Å². The monoisotopic (exact) mass is 564 g/mol. The third-order valence-corrected chi connectivity index (χ3v) is 7.19. The number of nitrogens with zero attached hydrogens (tertiary/aromatic N) is 2. The number of methoxy groups -OCH3 is 1. The average Bonchev–Trinajstić information content (AvgIpc) is 3.46. The maximum Gasteiger partial charge on any atom is 0.350 e. The van der Waals surface area contributed by atoms with Gasteiger partial charge in [-0.15, -0.1) is 0 Å². The number of hydrogen-bond acceptors (Lipinski definition) is 10. The number of phenols is 1. The summed E-state index contributed by atoms with van der Waals surface area (Å²) in [6.07, 6.45) is 2.20. The lowest BCUT2D eigenvalue weighted by molar-refractivity contribution is -0.132. The lowest BCUT2D eigenvalue weighted by atomic mass is 9.95. The van der Waals surface area contributed by atoms with E-state index >= 15 is 0 Å². The molecular weight excluding hydrogens is 536 g/mol. The Morgan fingerprint density at radius 1 is 1.23 bits per heavy atom. The van der Waals surface area contributed by atoms with Crippen molar-refractivity contribution in [2.24, 2.45) is 0 Å². The van der Waals surface area contributed by atoms with E-state index in [1.807, 2.05) is 6.92 Å². The van der Waals surface area contributed by atoms with E-state index < -0.39 is 29.5 Å². The number of phenolic OH excluding ortho intramolecular Hbond substituents is 1. The van der Waals surface area contributed by atoms with Crippen LogP contribution in [0.25, 0.3) is 5.76 Å². The van der Waals surface area contributed by atoms with Crippen LogP contribution in [0.3, 0.4) is 0 Å². The number of aromatic nitrogens is 1. The first-order valence-electron chi connectivity index (χ1n) is 12.4. The summed E-state index contributed by atoms with van der Waals surface area (Å²) in [6, 6.07) is 9.74.